The van der Waals surface area contributed by atoms with Crippen LogP contribution in [-0.2, 0) is 18.5 Å². The summed E-state index contributed by atoms with van der Waals surface area (Å²) in [5.74, 6) is 0.0188. The first-order valence-electron chi connectivity index (χ1n) is 13.7. The summed E-state index contributed by atoms with van der Waals surface area (Å²) in [5.41, 5.74) is 0.892. The highest BCUT2D eigenvalue weighted by molar-refractivity contribution is 8.34. The predicted molar refractivity (Wildman–Crippen MR) is 171 cm³/mol. The Kier molecular flexibility index (Phi) is 7.61. The molecule has 0 amide bonds. The highest BCUT2D eigenvalue weighted by atomic mass is 32.3. The molecular weight excluding hydrogens is 609 g/mol. The van der Waals surface area contributed by atoms with Crippen molar-refractivity contribution >= 4 is 60.6 Å². The Morgan fingerprint density at radius 2 is 1.54 bits per heavy atom. The van der Waals surface area contributed by atoms with E-state index >= 15 is 0 Å². The van der Waals surface area contributed by atoms with Crippen LogP contribution in [0.1, 0.15) is 44.2 Å². The van der Waals surface area contributed by atoms with Gasteiger partial charge in [0.15, 0.2) is 0 Å². The largest absolute Gasteiger partial charge is 0.299 e. The third-order valence-electron chi connectivity index (χ3n) is 9.01. The Labute approximate surface area is 257 Å². The zero-order valence-electron chi connectivity index (χ0n) is 23.6. The Morgan fingerprint density at radius 3 is 2.05 bits per heavy atom. The van der Waals surface area contributed by atoms with Crippen LogP contribution in [0, 0.1) is 30.6 Å². The number of rotatable bonds is 9. The molecule has 9 heteroatoms. The number of carbonyl (C=O) groups excluding carboxylic acids is 1. The monoisotopic (exact) mass is 642 g/mol. The van der Waals surface area contributed by atoms with Crippen molar-refractivity contribution in [3.05, 3.63) is 89.3 Å². The SMILES string of the molecule is Cc1ccc(S(OS(=O)(=O)CC23CCC(CC2=O)C3(C)C)(c2ccc(C)cc2)c2ccc(Sc3cccs3)s2)cc1. The van der Waals surface area contributed by atoms with Gasteiger partial charge in [-0.1, -0.05) is 67.1 Å². The maximum absolute atomic E-state index is 14.4. The highest BCUT2D eigenvalue weighted by Crippen LogP contribution is 2.73. The number of ketones is 1. The van der Waals surface area contributed by atoms with Gasteiger partial charge < -0.3 is 0 Å². The van der Waals surface area contributed by atoms with Crippen LogP contribution in [-0.4, -0.2) is 20.0 Å². The first-order chi connectivity index (χ1) is 19.4. The Bertz CT molecular complexity index is 1620. The minimum absolute atomic E-state index is 0.0722. The molecule has 216 valence electrons. The van der Waals surface area contributed by atoms with Crippen LogP contribution in [0.5, 0.6) is 0 Å². The van der Waals surface area contributed by atoms with Gasteiger partial charge in [0.1, 0.15) is 5.78 Å². The van der Waals surface area contributed by atoms with Crippen molar-refractivity contribution in [2.45, 2.75) is 69.4 Å². The Hall–Kier alpha value is -1.88. The zero-order chi connectivity index (χ0) is 29.0. The molecule has 0 spiro atoms. The first kappa shape index (κ1) is 29.2. The van der Waals surface area contributed by atoms with E-state index in [0.29, 0.717) is 12.8 Å². The molecule has 4 nitrogen and oxygen atoms in total. The van der Waals surface area contributed by atoms with Gasteiger partial charge in [-0.3, -0.25) is 4.79 Å². The van der Waals surface area contributed by atoms with Gasteiger partial charge in [0.25, 0.3) is 10.1 Å². The fourth-order valence-electron chi connectivity index (χ4n) is 6.46. The number of hydrogen-bond acceptors (Lipinski definition) is 7. The van der Waals surface area contributed by atoms with Gasteiger partial charge in [-0.2, -0.15) is 8.42 Å². The van der Waals surface area contributed by atoms with Crippen molar-refractivity contribution in [3.8, 4) is 0 Å². The molecule has 2 unspecified atom stereocenters. The van der Waals surface area contributed by atoms with E-state index in [2.05, 4.69) is 31.4 Å². The molecule has 4 aromatic rings. The van der Waals surface area contributed by atoms with Gasteiger partial charge in [-0.25, -0.2) is 3.63 Å². The number of hydrogen-bond donors (Lipinski definition) is 0. The molecule has 2 aromatic carbocycles. The fraction of sp³-hybridized carbons (Fsp3) is 0.344. The Balaban J connectivity index is 1.51. The quantitative estimate of drug-likeness (QED) is 0.182. The maximum Gasteiger partial charge on any atom is 0.278 e. The summed E-state index contributed by atoms with van der Waals surface area (Å²) in [4.78, 5) is 15.0. The lowest BCUT2D eigenvalue weighted by atomic mass is 9.70. The molecule has 2 aliphatic carbocycles. The zero-order valence-corrected chi connectivity index (χ0v) is 27.7. The smallest absolute Gasteiger partial charge is 0.278 e. The average molecular weight is 643 g/mol. The molecule has 2 fully saturated rings. The summed E-state index contributed by atoms with van der Waals surface area (Å²) in [6.07, 6.45) is 1.95. The van der Waals surface area contributed by atoms with Crippen molar-refractivity contribution in [3.63, 3.8) is 0 Å². The molecule has 0 radical (unpaired) electrons. The van der Waals surface area contributed by atoms with Gasteiger partial charge in [-0.05, 0) is 96.2 Å². The second-order valence-electron chi connectivity index (χ2n) is 11.7. The summed E-state index contributed by atoms with van der Waals surface area (Å²) in [5, 5.41) is 2.06. The van der Waals surface area contributed by atoms with Crippen LogP contribution in [0.25, 0.3) is 0 Å². The minimum atomic E-state index is -4.16. The van der Waals surface area contributed by atoms with Crippen LogP contribution >= 0.6 is 44.7 Å². The summed E-state index contributed by atoms with van der Waals surface area (Å²) >= 11 is 4.94. The molecule has 2 aromatic heterocycles. The van der Waals surface area contributed by atoms with Gasteiger partial charge in [-0.15, -0.1) is 22.7 Å². The number of benzene rings is 2. The molecule has 2 heterocycles. The van der Waals surface area contributed by atoms with Crippen molar-refractivity contribution in [1.82, 2.24) is 0 Å². The van der Waals surface area contributed by atoms with Crippen molar-refractivity contribution in [2.24, 2.45) is 16.7 Å². The third-order valence-corrected chi connectivity index (χ3v) is 18.1. The summed E-state index contributed by atoms with van der Waals surface area (Å²) in [6.45, 7) is 8.18. The van der Waals surface area contributed by atoms with Crippen LogP contribution in [0.3, 0.4) is 0 Å². The fourth-order valence-corrected chi connectivity index (χ4v) is 16.7. The molecule has 0 saturated heterocycles. The summed E-state index contributed by atoms with van der Waals surface area (Å²) in [6, 6.07) is 24.3. The maximum atomic E-state index is 14.4. The average Bonchev–Trinajstić information content (AvgIpc) is 3.69. The number of aryl methyl sites for hydroxylation is 2. The second-order valence-corrected chi connectivity index (χ2v) is 20.1. The molecule has 6 rings (SSSR count). The lowest BCUT2D eigenvalue weighted by molar-refractivity contribution is -0.128. The van der Waals surface area contributed by atoms with E-state index in [0.717, 1.165) is 35.8 Å². The van der Waals surface area contributed by atoms with E-state index in [-0.39, 0.29) is 22.9 Å². The predicted octanol–water partition coefficient (Wildman–Crippen LogP) is 9.52. The van der Waals surface area contributed by atoms with Crippen molar-refractivity contribution in [2.75, 3.05) is 5.75 Å². The van der Waals surface area contributed by atoms with Crippen LogP contribution in [0.2, 0.25) is 0 Å². The molecule has 41 heavy (non-hydrogen) atoms. The van der Waals surface area contributed by atoms with Gasteiger partial charge in [0, 0.05) is 16.2 Å². The first-order valence-corrected chi connectivity index (χ1v) is 19.4. The van der Waals surface area contributed by atoms with Gasteiger partial charge in [0.05, 0.1) is 23.8 Å². The van der Waals surface area contributed by atoms with Crippen molar-refractivity contribution in [1.29, 1.82) is 0 Å². The summed E-state index contributed by atoms with van der Waals surface area (Å²) in [7, 11) is -6.85. The van der Waals surface area contributed by atoms with E-state index < -0.39 is 25.8 Å². The number of fused-ring (bicyclic) bond motifs is 2. The molecule has 2 saturated carbocycles. The van der Waals surface area contributed by atoms with E-state index in [9.17, 15) is 13.2 Å². The molecular formula is C32H34O4S5. The van der Waals surface area contributed by atoms with E-state index in [4.69, 9.17) is 3.63 Å². The Morgan fingerprint density at radius 1 is 0.902 bits per heavy atom. The lowest BCUT2D eigenvalue weighted by Gasteiger charge is -2.41. The molecule has 2 bridgehead atoms. The van der Waals surface area contributed by atoms with Crippen molar-refractivity contribution < 1.29 is 16.8 Å². The highest BCUT2D eigenvalue weighted by Gasteiger charge is 2.65. The number of Topliss-reactive ketones (excluding diaryl/α,β-unsaturated/α-hetero) is 1. The normalized spacial score (nSPS) is 22.3. The molecule has 0 N–H and O–H groups in total. The molecule has 0 aliphatic heterocycles. The number of carbonyl (C=O) groups is 1. The molecule has 2 aliphatic rings. The van der Waals surface area contributed by atoms with Crippen LogP contribution in [0.15, 0.2) is 101 Å². The minimum Gasteiger partial charge on any atom is -0.299 e. The summed E-state index contributed by atoms with van der Waals surface area (Å²) < 4.78 is 38.5. The number of thiophene rings is 2. The lowest BCUT2D eigenvalue weighted by Crippen LogP contribution is -2.42. The van der Waals surface area contributed by atoms with Crippen LogP contribution in [0.4, 0.5) is 0 Å². The van der Waals surface area contributed by atoms with Gasteiger partial charge >= 0.3 is 0 Å². The standard InChI is InChI=1S/C32H34O4S5/c1-22-7-11-25(12-8-22)41(26-13-9-23(2)10-14-26,30-16-15-29(39-30)38-28-6-5-19-37-28)36-40(34,35)21-32-18-17-24(20-27(32)33)31(32,3)4/h5-16,19,24H,17-18,20-21H2,1-4H3. The van der Waals surface area contributed by atoms with E-state index in [1.807, 2.05) is 74.5 Å². The van der Waals surface area contributed by atoms with Crippen LogP contribution < -0.4 is 0 Å². The van der Waals surface area contributed by atoms with E-state index in [1.165, 1.54) is 4.21 Å². The topological polar surface area (TPSA) is 60.4 Å². The second kappa shape index (κ2) is 10.7. The van der Waals surface area contributed by atoms with Gasteiger partial charge in [0.2, 0.25) is 0 Å². The third kappa shape index (κ3) is 5.06. The van der Waals surface area contributed by atoms with E-state index in [1.54, 1.807) is 34.4 Å². The molecule has 2 atom stereocenters.